The number of hydrogen-bond donors (Lipinski definition) is 1. The maximum Gasteiger partial charge on any atom is 0.256 e. The van der Waals surface area contributed by atoms with Gasteiger partial charge in [-0.05, 0) is 43.0 Å². The average molecular weight is 478 g/mol. The molecule has 1 fully saturated rings. The van der Waals surface area contributed by atoms with Gasteiger partial charge in [0, 0.05) is 38.2 Å². The van der Waals surface area contributed by atoms with Crippen molar-refractivity contribution in [3.8, 4) is 0 Å². The number of nitrogens with zero attached hydrogens (tertiary/aromatic N) is 2. The highest BCUT2D eigenvalue weighted by atomic mass is 32.2. The molecule has 2 aromatic carbocycles. The minimum Gasteiger partial charge on any atom is -0.355 e. The second-order valence-electron chi connectivity index (χ2n) is 8.25. The van der Waals surface area contributed by atoms with Gasteiger partial charge in [0.25, 0.3) is 5.91 Å². The highest BCUT2D eigenvalue weighted by molar-refractivity contribution is 7.92. The predicted molar refractivity (Wildman–Crippen MR) is 119 cm³/mol. The van der Waals surface area contributed by atoms with Gasteiger partial charge in [-0.15, -0.1) is 0 Å². The van der Waals surface area contributed by atoms with Gasteiger partial charge in [-0.2, -0.15) is 0 Å². The lowest BCUT2D eigenvalue weighted by Gasteiger charge is -2.31. The maximum absolute atomic E-state index is 13.9. The molecule has 2 aliphatic rings. The molecule has 1 saturated heterocycles. The van der Waals surface area contributed by atoms with Crippen molar-refractivity contribution in [2.75, 3.05) is 36.2 Å². The Hall–Kier alpha value is -3.01. The largest absolute Gasteiger partial charge is 0.355 e. The quantitative estimate of drug-likeness (QED) is 0.692. The van der Waals surface area contributed by atoms with Crippen LogP contribution in [0.15, 0.2) is 42.5 Å². The molecule has 0 bridgehead atoms. The molecule has 2 aliphatic heterocycles. The van der Waals surface area contributed by atoms with Crippen LogP contribution in [0.3, 0.4) is 0 Å². The van der Waals surface area contributed by atoms with Gasteiger partial charge in [-0.25, -0.2) is 17.2 Å². The van der Waals surface area contributed by atoms with E-state index in [2.05, 4.69) is 5.32 Å². The number of halogens is 2. The van der Waals surface area contributed by atoms with E-state index >= 15 is 0 Å². The molecule has 0 aliphatic carbocycles. The second kappa shape index (κ2) is 9.46. The van der Waals surface area contributed by atoms with E-state index < -0.39 is 27.6 Å². The highest BCUT2D eigenvalue weighted by Crippen LogP contribution is 2.30. The van der Waals surface area contributed by atoms with Gasteiger partial charge in [0.1, 0.15) is 11.6 Å². The van der Waals surface area contributed by atoms with Crippen LogP contribution in [0.1, 0.15) is 28.8 Å². The number of hydrogen-bond acceptors (Lipinski definition) is 4. The summed E-state index contributed by atoms with van der Waals surface area (Å²) in [6.07, 6.45) is 1.43. The molecular formula is C23H25F2N3O4S. The number of benzene rings is 2. The summed E-state index contributed by atoms with van der Waals surface area (Å²) in [5, 5.41) is 2.70. The number of para-hydroxylation sites is 1. The standard InChI is InChI=1S/C23H25F2N3O4S/c24-18-5-6-19(20(25)15-18)23(30)27-11-7-17(8-12-27)22(29)26-10-14-33(31,32)28-13-9-16-3-1-2-4-21(16)28/h1-6,15,17H,7-14H2,(H,26,29). The number of fused-ring (bicyclic) bond motifs is 1. The molecule has 0 spiro atoms. The Morgan fingerprint density at radius 2 is 1.76 bits per heavy atom. The highest BCUT2D eigenvalue weighted by Gasteiger charge is 2.31. The lowest BCUT2D eigenvalue weighted by Crippen LogP contribution is -2.44. The minimum absolute atomic E-state index is 0.000229. The number of anilines is 1. The van der Waals surface area contributed by atoms with E-state index in [4.69, 9.17) is 0 Å². The molecule has 2 heterocycles. The monoisotopic (exact) mass is 477 g/mol. The third kappa shape index (κ3) is 5.00. The Labute approximate surface area is 191 Å². The number of amides is 2. The molecule has 0 atom stereocenters. The molecule has 7 nitrogen and oxygen atoms in total. The van der Waals surface area contributed by atoms with E-state index in [0.29, 0.717) is 37.6 Å². The molecule has 2 aromatic rings. The van der Waals surface area contributed by atoms with Crippen molar-refractivity contribution in [1.82, 2.24) is 10.2 Å². The zero-order chi connectivity index (χ0) is 23.6. The lowest BCUT2D eigenvalue weighted by molar-refractivity contribution is -0.126. The Morgan fingerprint density at radius 1 is 1.03 bits per heavy atom. The first-order valence-corrected chi connectivity index (χ1v) is 12.5. The predicted octanol–water partition coefficient (Wildman–Crippen LogP) is 2.33. The number of piperidine rings is 1. The Morgan fingerprint density at radius 3 is 2.48 bits per heavy atom. The number of sulfonamides is 1. The first kappa shape index (κ1) is 23.2. The summed E-state index contributed by atoms with van der Waals surface area (Å²) < 4.78 is 53.8. The zero-order valence-corrected chi connectivity index (χ0v) is 18.8. The number of carbonyl (C=O) groups is 2. The van der Waals surface area contributed by atoms with E-state index in [9.17, 15) is 26.8 Å². The fourth-order valence-corrected chi connectivity index (χ4v) is 5.76. The first-order chi connectivity index (χ1) is 15.8. The molecule has 1 N–H and O–H groups in total. The molecule has 0 saturated carbocycles. The molecule has 0 aromatic heterocycles. The van der Waals surface area contributed by atoms with Crippen molar-refractivity contribution in [3.05, 3.63) is 65.2 Å². The van der Waals surface area contributed by atoms with Crippen molar-refractivity contribution >= 4 is 27.5 Å². The molecule has 2 amide bonds. The molecule has 0 radical (unpaired) electrons. The SMILES string of the molecule is O=C(NCCS(=O)(=O)N1CCc2ccccc21)C1CCN(C(=O)c2ccc(F)cc2F)CC1. The van der Waals surface area contributed by atoms with Gasteiger partial charge in [0.2, 0.25) is 15.9 Å². The molecule has 33 heavy (non-hydrogen) atoms. The molecule has 176 valence electrons. The van der Waals surface area contributed by atoms with Crippen LogP contribution in [0.5, 0.6) is 0 Å². The lowest BCUT2D eigenvalue weighted by atomic mass is 9.95. The van der Waals surface area contributed by atoms with E-state index in [1.165, 1.54) is 9.21 Å². The van der Waals surface area contributed by atoms with Crippen molar-refractivity contribution in [2.24, 2.45) is 5.92 Å². The van der Waals surface area contributed by atoms with Crippen LogP contribution >= 0.6 is 0 Å². The smallest absolute Gasteiger partial charge is 0.256 e. The van der Waals surface area contributed by atoms with Crippen LogP contribution in [-0.4, -0.2) is 57.1 Å². The van der Waals surface area contributed by atoms with Gasteiger partial charge >= 0.3 is 0 Å². The fraction of sp³-hybridized carbons (Fsp3) is 0.391. The van der Waals surface area contributed by atoms with E-state index in [1.54, 1.807) is 12.1 Å². The van der Waals surface area contributed by atoms with Gasteiger partial charge in [-0.3, -0.25) is 13.9 Å². The number of carbonyl (C=O) groups excluding carboxylic acids is 2. The van der Waals surface area contributed by atoms with Crippen LogP contribution in [0.4, 0.5) is 14.5 Å². The number of rotatable bonds is 6. The van der Waals surface area contributed by atoms with Crippen LogP contribution in [-0.2, 0) is 21.2 Å². The fourth-order valence-electron chi connectivity index (χ4n) is 4.33. The summed E-state index contributed by atoms with van der Waals surface area (Å²) in [4.78, 5) is 26.5. The van der Waals surface area contributed by atoms with Crippen molar-refractivity contribution < 1.29 is 26.8 Å². The average Bonchev–Trinajstić information content (AvgIpc) is 3.24. The summed E-state index contributed by atoms with van der Waals surface area (Å²) in [6.45, 7) is 0.920. The van der Waals surface area contributed by atoms with Crippen LogP contribution in [0.25, 0.3) is 0 Å². The van der Waals surface area contributed by atoms with E-state index in [-0.39, 0.29) is 42.8 Å². The number of likely N-dealkylation sites (tertiary alicyclic amines) is 1. The topological polar surface area (TPSA) is 86.8 Å². The molecule has 0 unspecified atom stereocenters. The second-order valence-corrected chi connectivity index (χ2v) is 10.3. The zero-order valence-electron chi connectivity index (χ0n) is 18.0. The van der Waals surface area contributed by atoms with Crippen molar-refractivity contribution in [3.63, 3.8) is 0 Å². The van der Waals surface area contributed by atoms with Gasteiger partial charge in [-0.1, -0.05) is 18.2 Å². The summed E-state index contributed by atoms with van der Waals surface area (Å²) >= 11 is 0. The van der Waals surface area contributed by atoms with E-state index in [1.807, 2.05) is 12.1 Å². The van der Waals surface area contributed by atoms with Crippen LogP contribution in [0.2, 0.25) is 0 Å². The van der Waals surface area contributed by atoms with Crippen molar-refractivity contribution in [1.29, 1.82) is 0 Å². The van der Waals surface area contributed by atoms with Crippen LogP contribution < -0.4 is 9.62 Å². The molecule has 4 rings (SSSR count). The van der Waals surface area contributed by atoms with Crippen molar-refractivity contribution in [2.45, 2.75) is 19.3 Å². The summed E-state index contributed by atoms with van der Waals surface area (Å²) in [5.41, 5.74) is 1.48. The molecule has 10 heteroatoms. The third-order valence-corrected chi connectivity index (χ3v) is 7.92. The Kier molecular flexibility index (Phi) is 6.64. The summed E-state index contributed by atoms with van der Waals surface area (Å²) in [7, 11) is -3.55. The van der Waals surface area contributed by atoms with Gasteiger partial charge in [0.05, 0.1) is 17.0 Å². The maximum atomic E-state index is 13.9. The Balaban J connectivity index is 1.25. The Bertz CT molecular complexity index is 1160. The van der Waals surface area contributed by atoms with Crippen LogP contribution in [0, 0.1) is 17.6 Å². The first-order valence-electron chi connectivity index (χ1n) is 10.9. The molecular weight excluding hydrogens is 452 g/mol. The number of nitrogens with one attached hydrogen (secondary N) is 1. The summed E-state index contributed by atoms with van der Waals surface area (Å²) in [5.74, 6) is -3.02. The normalized spacial score (nSPS) is 16.5. The summed E-state index contributed by atoms with van der Waals surface area (Å²) in [6, 6.07) is 10.2. The van der Waals surface area contributed by atoms with Gasteiger partial charge in [0.15, 0.2) is 0 Å². The third-order valence-electron chi connectivity index (χ3n) is 6.15. The van der Waals surface area contributed by atoms with Gasteiger partial charge < -0.3 is 10.2 Å². The van der Waals surface area contributed by atoms with E-state index in [0.717, 1.165) is 17.7 Å². The minimum atomic E-state index is -3.55.